The molecule has 1 saturated carbocycles. The summed E-state index contributed by atoms with van der Waals surface area (Å²) in [6.45, 7) is 0. The molecule has 0 aromatic carbocycles. The standard InChI is InChI=1S/C11H13BrO2S/c1-14-11(5-2-3-6-11)10(13)9-8(12)4-7-15-9/h4,7H,2-3,5-6H2,1H3. The Kier molecular flexibility index (Phi) is 3.28. The van der Waals surface area contributed by atoms with Crippen LogP contribution in [-0.2, 0) is 4.74 Å². The van der Waals surface area contributed by atoms with Crippen LogP contribution in [0.5, 0.6) is 0 Å². The summed E-state index contributed by atoms with van der Waals surface area (Å²) in [6.07, 6.45) is 3.88. The molecule has 1 aliphatic rings. The number of carbonyl (C=O) groups excluding carboxylic acids is 1. The van der Waals surface area contributed by atoms with Crippen molar-refractivity contribution in [1.82, 2.24) is 0 Å². The van der Waals surface area contributed by atoms with Gasteiger partial charge < -0.3 is 4.74 Å². The zero-order valence-electron chi connectivity index (χ0n) is 8.59. The molecule has 0 amide bonds. The van der Waals surface area contributed by atoms with Gasteiger partial charge in [-0.15, -0.1) is 11.3 Å². The van der Waals surface area contributed by atoms with Crippen molar-refractivity contribution in [2.24, 2.45) is 0 Å². The van der Waals surface area contributed by atoms with Gasteiger partial charge in [0.15, 0.2) is 0 Å². The van der Waals surface area contributed by atoms with E-state index in [0.29, 0.717) is 0 Å². The predicted octanol–water partition coefficient (Wildman–Crippen LogP) is 3.65. The summed E-state index contributed by atoms with van der Waals surface area (Å²) in [5.74, 6) is 0.143. The van der Waals surface area contributed by atoms with Gasteiger partial charge >= 0.3 is 0 Å². The van der Waals surface area contributed by atoms with Crippen molar-refractivity contribution in [3.63, 3.8) is 0 Å². The second-order valence-electron chi connectivity index (χ2n) is 3.83. The monoisotopic (exact) mass is 288 g/mol. The predicted molar refractivity (Wildman–Crippen MR) is 64.6 cm³/mol. The summed E-state index contributed by atoms with van der Waals surface area (Å²) in [5.41, 5.74) is -0.548. The molecule has 0 saturated heterocycles. The summed E-state index contributed by atoms with van der Waals surface area (Å²) in [5, 5.41) is 1.93. The maximum atomic E-state index is 12.3. The lowest BCUT2D eigenvalue weighted by Crippen LogP contribution is -2.37. The molecule has 0 unspecified atom stereocenters. The van der Waals surface area contributed by atoms with Gasteiger partial charge in [-0.3, -0.25) is 4.79 Å². The number of ketones is 1. The Morgan fingerprint density at radius 1 is 1.53 bits per heavy atom. The smallest absolute Gasteiger partial charge is 0.205 e. The van der Waals surface area contributed by atoms with Crippen molar-refractivity contribution >= 4 is 33.0 Å². The van der Waals surface area contributed by atoms with Gasteiger partial charge in [0.2, 0.25) is 5.78 Å². The Hall–Kier alpha value is -0.190. The molecule has 2 rings (SSSR count). The van der Waals surface area contributed by atoms with E-state index in [0.717, 1.165) is 35.0 Å². The van der Waals surface area contributed by atoms with E-state index < -0.39 is 5.60 Å². The van der Waals surface area contributed by atoms with Crippen molar-refractivity contribution in [3.05, 3.63) is 20.8 Å². The molecule has 0 aliphatic heterocycles. The van der Waals surface area contributed by atoms with E-state index in [2.05, 4.69) is 15.9 Å². The quantitative estimate of drug-likeness (QED) is 0.794. The minimum absolute atomic E-state index is 0.143. The van der Waals surface area contributed by atoms with Gasteiger partial charge in [0.25, 0.3) is 0 Å². The number of rotatable bonds is 3. The molecule has 4 heteroatoms. The first-order chi connectivity index (χ1) is 7.19. The maximum Gasteiger partial charge on any atom is 0.205 e. The number of hydrogen-bond acceptors (Lipinski definition) is 3. The lowest BCUT2D eigenvalue weighted by atomic mass is 9.95. The molecule has 0 spiro atoms. The van der Waals surface area contributed by atoms with Crippen molar-refractivity contribution in [2.45, 2.75) is 31.3 Å². The number of carbonyl (C=O) groups is 1. The second-order valence-corrected chi connectivity index (χ2v) is 5.60. The van der Waals surface area contributed by atoms with Crippen LogP contribution in [0, 0.1) is 0 Å². The fourth-order valence-corrected chi connectivity index (χ4v) is 3.71. The van der Waals surface area contributed by atoms with E-state index >= 15 is 0 Å². The van der Waals surface area contributed by atoms with Crippen LogP contribution in [0.3, 0.4) is 0 Å². The van der Waals surface area contributed by atoms with Crippen LogP contribution in [0.15, 0.2) is 15.9 Å². The van der Waals surface area contributed by atoms with E-state index in [-0.39, 0.29) is 5.78 Å². The minimum Gasteiger partial charge on any atom is -0.370 e. The fourth-order valence-electron chi connectivity index (χ4n) is 2.13. The van der Waals surface area contributed by atoms with E-state index in [1.807, 2.05) is 11.4 Å². The van der Waals surface area contributed by atoms with Crippen LogP contribution in [-0.4, -0.2) is 18.5 Å². The van der Waals surface area contributed by atoms with Crippen molar-refractivity contribution in [3.8, 4) is 0 Å². The molecule has 1 aromatic heterocycles. The van der Waals surface area contributed by atoms with Crippen molar-refractivity contribution < 1.29 is 9.53 Å². The first-order valence-electron chi connectivity index (χ1n) is 5.02. The first kappa shape index (κ1) is 11.3. The third kappa shape index (κ3) is 1.90. The van der Waals surface area contributed by atoms with Gasteiger partial charge in [-0.2, -0.15) is 0 Å². The largest absolute Gasteiger partial charge is 0.370 e. The van der Waals surface area contributed by atoms with Crippen LogP contribution < -0.4 is 0 Å². The highest BCUT2D eigenvalue weighted by atomic mass is 79.9. The van der Waals surface area contributed by atoms with E-state index in [1.54, 1.807) is 7.11 Å². The second kappa shape index (κ2) is 4.36. The van der Waals surface area contributed by atoms with Crippen molar-refractivity contribution in [1.29, 1.82) is 0 Å². The van der Waals surface area contributed by atoms with Crippen molar-refractivity contribution in [2.75, 3.05) is 7.11 Å². The number of halogens is 1. The highest BCUT2D eigenvalue weighted by molar-refractivity contribution is 9.10. The van der Waals surface area contributed by atoms with Gasteiger partial charge in [-0.25, -0.2) is 0 Å². The summed E-state index contributed by atoms with van der Waals surface area (Å²) < 4.78 is 6.37. The lowest BCUT2D eigenvalue weighted by molar-refractivity contribution is 0.00632. The van der Waals surface area contributed by atoms with E-state index in [1.165, 1.54) is 11.3 Å². The highest BCUT2D eigenvalue weighted by Crippen LogP contribution is 2.38. The Bertz CT molecular complexity index is 366. The van der Waals surface area contributed by atoms with Gasteiger partial charge in [-0.05, 0) is 53.1 Å². The SMILES string of the molecule is COC1(C(=O)c2sccc2Br)CCCC1. The topological polar surface area (TPSA) is 26.3 Å². The Balaban J connectivity index is 2.30. The third-order valence-corrected chi connectivity index (χ3v) is 4.88. The number of methoxy groups -OCH3 is 1. The molecule has 1 aliphatic carbocycles. The van der Waals surface area contributed by atoms with Gasteiger partial charge in [0, 0.05) is 11.6 Å². The van der Waals surface area contributed by atoms with Gasteiger partial charge in [0.05, 0.1) is 4.88 Å². The van der Waals surface area contributed by atoms with Crippen LogP contribution in [0.4, 0.5) is 0 Å². The lowest BCUT2D eigenvalue weighted by Gasteiger charge is -2.25. The maximum absolute atomic E-state index is 12.3. The van der Waals surface area contributed by atoms with Crippen LogP contribution in [0.25, 0.3) is 0 Å². The summed E-state index contributed by atoms with van der Waals surface area (Å²) in [7, 11) is 1.64. The molecule has 0 bridgehead atoms. The average Bonchev–Trinajstić information content (AvgIpc) is 2.86. The number of ether oxygens (including phenoxy) is 1. The van der Waals surface area contributed by atoms with E-state index in [4.69, 9.17) is 4.74 Å². The molecule has 1 aromatic rings. The first-order valence-corrected chi connectivity index (χ1v) is 6.70. The van der Waals surface area contributed by atoms with Crippen LogP contribution in [0.2, 0.25) is 0 Å². The molecule has 1 fully saturated rings. The number of Topliss-reactive ketones (excluding diaryl/α,β-unsaturated/α-hetero) is 1. The fraction of sp³-hybridized carbons (Fsp3) is 0.545. The molecule has 0 radical (unpaired) electrons. The minimum atomic E-state index is -0.548. The summed E-state index contributed by atoms with van der Waals surface area (Å²) >= 11 is 4.88. The molecule has 0 atom stereocenters. The number of thiophene rings is 1. The van der Waals surface area contributed by atoms with E-state index in [9.17, 15) is 4.79 Å². The Morgan fingerprint density at radius 3 is 2.67 bits per heavy atom. The zero-order chi connectivity index (χ0) is 10.9. The normalized spacial score (nSPS) is 19.3. The molecule has 82 valence electrons. The summed E-state index contributed by atoms with van der Waals surface area (Å²) in [6, 6.07) is 1.91. The summed E-state index contributed by atoms with van der Waals surface area (Å²) in [4.78, 5) is 13.1. The molecular weight excluding hydrogens is 276 g/mol. The molecule has 15 heavy (non-hydrogen) atoms. The zero-order valence-corrected chi connectivity index (χ0v) is 11.0. The molecule has 2 nitrogen and oxygen atoms in total. The van der Waals surface area contributed by atoms with Crippen LogP contribution >= 0.6 is 27.3 Å². The van der Waals surface area contributed by atoms with Gasteiger partial charge in [0.1, 0.15) is 5.60 Å². The molecular formula is C11H13BrO2S. The molecule has 0 N–H and O–H groups in total. The Labute approximate surface area is 102 Å². The highest BCUT2D eigenvalue weighted by Gasteiger charge is 2.42. The average molecular weight is 289 g/mol. The third-order valence-electron chi connectivity index (χ3n) is 3.04. The number of hydrogen-bond donors (Lipinski definition) is 0. The molecule has 1 heterocycles. The Morgan fingerprint density at radius 2 is 2.20 bits per heavy atom. The van der Waals surface area contributed by atoms with Gasteiger partial charge in [-0.1, -0.05) is 0 Å². The van der Waals surface area contributed by atoms with Crippen LogP contribution in [0.1, 0.15) is 35.4 Å².